The second-order valence-electron chi connectivity index (χ2n) is 7.32. The number of carbonyl (C=O) groups is 1. The maximum atomic E-state index is 11.6. The van der Waals surface area contributed by atoms with E-state index in [1.54, 1.807) is 0 Å². The number of aliphatic hydroxyl groups excluding tert-OH is 5. The van der Waals surface area contributed by atoms with Crippen LogP contribution in [0, 0.1) is 0 Å². The van der Waals surface area contributed by atoms with Crippen molar-refractivity contribution >= 4 is 26.7 Å². The summed E-state index contributed by atoms with van der Waals surface area (Å²) in [5.74, 6) is -0.763. The molecule has 2 rings (SSSR count). The van der Waals surface area contributed by atoms with Crippen LogP contribution < -0.4 is 5.32 Å². The summed E-state index contributed by atoms with van der Waals surface area (Å²) in [5.41, 5.74) is 0. The Balaban J connectivity index is 2.31. The van der Waals surface area contributed by atoms with Crippen LogP contribution in [-0.2, 0) is 48.2 Å². The summed E-state index contributed by atoms with van der Waals surface area (Å²) in [7, 11) is -10.0. The number of rotatable bonds is 9. The van der Waals surface area contributed by atoms with Crippen molar-refractivity contribution in [3.63, 3.8) is 0 Å². The summed E-state index contributed by atoms with van der Waals surface area (Å²) >= 11 is 0. The molecular formula is C14H25NO17S2. The molecule has 0 radical (unpaired) electrons. The van der Waals surface area contributed by atoms with Crippen LogP contribution in [0.3, 0.4) is 0 Å². The Labute approximate surface area is 192 Å². The predicted octanol–water partition coefficient (Wildman–Crippen LogP) is -5.60. The zero-order valence-electron chi connectivity index (χ0n) is 17.2. The fraction of sp³-hybridized carbons (Fsp3) is 0.929. The first-order valence-electron chi connectivity index (χ1n) is 9.37. The van der Waals surface area contributed by atoms with Gasteiger partial charge in [-0.3, -0.25) is 13.9 Å². The summed E-state index contributed by atoms with van der Waals surface area (Å²) in [6, 6.07) is -1.57. The molecule has 0 saturated carbocycles. The smallest absolute Gasteiger partial charge is 0.387 e. The average molecular weight is 543 g/mol. The topological polar surface area (TPSA) is 285 Å². The van der Waals surface area contributed by atoms with E-state index in [-0.39, 0.29) is 0 Å². The highest BCUT2D eigenvalue weighted by Gasteiger charge is 2.51. The van der Waals surface area contributed by atoms with Gasteiger partial charge < -0.3 is 45.1 Å². The third kappa shape index (κ3) is 7.96. The molecule has 0 aromatic carbocycles. The van der Waals surface area contributed by atoms with Crippen LogP contribution in [0.25, 0.3) is 0 Å². The van der Waals surface area contributed by atoms with Gasteiger partial charge >= 0.3 is 20.8 Å². The van der Waals surface area contributed by atoms with Gasteiger partial charge in [0.25, 0.3) is 0 Å². The normalized spacial score (nSPS) is 39.5. The minimum absolute atomic E-state index is 0.763. The number of ether oxygens (including phenoxy) is 3. The SMILES string of the molecule is CC(=O)N[C@@H]1[C@@H](O)[C@H](O)O[C@H](COS(=O)(=O)O)[C@H]1O[C@@H]1O[C@H](COS(=O)(=O)O)[C@H](O)[C@H](O)[C@H]1O. The van der Waals surface area contributed by atoms with Gasteiger partial charge in [-0.25, -0.2) is 8.37 Å². The summed E-state index contributed by atoms with van der Waals surface area (Å²) in [4.78, 5) is 11.6. The van der Waals surface area contributed by atoms with Crippen LogP contribution in [0.5, 0.6) is 0 Å². The minimum Gasteiger partial charge on any atom is -0.387 e. The highest BCUT2D eigenvalue weighted by Crippen LogP contribution is 2.29. The molecule has 0 bridgehead atoms. The molecule has 200 valence electrons. The lowest BCUT2D eigenvalue weighted by Crippen LogP contribution is -2.68. The number of amides is 1. The van der Waals surface area contributed by atoms with E-state index in [1.165, 1.54) is 0 Å². The summed E-state index contributed by atoms with van der Waals surface area (Å²) < 4.78 is 84.9. The molecule has 18 nitrogen and oxygen atoms in total. The van der Waals surface area contributed by atoms with Gasteiger partial charge in [-0.1, -0.05) is 0 Å². The first-order chi connectivity index (χ1) is 15.5. The van der Waals surface area contributed by atoms with Gasteiger partial charge in [0.1, 0.15) is 42.7 Å². The van der Waals surface area contributed by atoms with Crippen molar-refractivity contribution < 1.29 is 78.8 Å². The van der Waals surface area contributed by atoms with E-state index in [9.17, 15) is 47.2 Å². The van der Waals surface area contributed by atoms with Crippen LogP contribution in [0.1, 0.15) is 6.92 Å². The number of aliphatic hydroxyl groups is 5. The second kappa shape index (κ2) is 11.3. The van der Waals surface area contributed by atoms with Crippen molar-refractivity contribution in [2.45, 2.75) is 68.3 Å². The van der Waals surface area contributed by atoms with Crippen LogP contribution in [-0.4, -0.2) is 132 Å². The third-order valence-electron chi connectivity index (χ3n) is 4.79. The van der Waals surface area contributed by atoms with Crippen LogP contribution in [0.15, 0.2) is 0 Å². The molecule has 0 unspecified atom stereocenters. The molecule has 0 aromatic rings. The zero-order chi connectivity index (χ0) is 26.0. The van der Waals surface area contributed by atoms with E-state index >= 15 is 0 Å². The largest absolute Gasteiger partial charge is 0.397 e. The van der Waals surface area contributed by atoms with Crippen molar-refractivity contribution in [3.05, 3.63) is 0 Å². The fourth-order valence-electron chi connectivity index (χ4n) is 3.28. The highest BCUT2D eigenvalue weighted by atomic mass is 32.3. The Bertz CT molecular complexity index is 911. The van der Waals surface area contributed by atoms with Gasteiger partial charge in [0.15, 0.2) is 12.6 Å². The van der Waals surface area contributed by atoms with Crippen molar-refractivity contribution in [1.29, 1.82) is 0 Å². The first kappa shape index (κ1) is 29.1. The predicted molar refractivity (Wildman–Crippen MR) is 101 cm³/mol. The Hall–Kier alpha value is -1.11. The summed E-state index contributed by atoms with van der Waals surface area (Å²) in [5, 5.41) is 52.6. The molecule has 8 N–H and O–H groups in total. The lowest BCUT2D eigenvalue weighted by atomic mass is 9.95. The molecule has 1 amide bonds. The van der Waals surface area contributed by atoms with Crippen LogP contribution in [0.4, 0.5) is 0 Å². The summed E-state index contributed by atoms with van der Waals surface area (Å²) in [6.45, 7) is -1.06. The third-order valence-corrected chi connectivity index (χ3v) is 5.65. The second-order valence-corrected chi connectivity index (χ2v) is 9.50. The van der Waals surface area contributed by atoms with E-state index in [2.05, 4.69) is 13.7 Å². The van der Waals surface area contributed by atoms with Crippen molar-refractivity contribution in [2.75, 3.05) is 13.2 Å². The van der Waals surface area contributed by atoms with E-state index in [0.29, 0.717) is 0 Å². The van der Waals surface area contributed by atoms with Crippen LogP contribution in [0.2, 0.25) is 0 Å². The first-order valence-corrected chi connectivity index (χ1v) is 12.1. The van der Waals surface area contributed by atoms with E-state index < -0.39 is 101 Å². The molecule has 2 aliphatic rings. The fourth-order valence-corrected chi connectivity index (χ4v) is 3.89. The van der Waals surface area contributed by atoms with Gasteiger partial charge in [-0.05, 0) is 0 Å². The number of hydrogen-bond donors (Lipinski definition) is 8. The lowest BCUT2D eigenvalue weighted by Gasteiger charge is -2.46. The van der Waals surface area contributed by atoms with Crippen molar-refractivity contribution in [2.24, 2.45) is 0 Å². The monoisotopic (exact) mass is 543 g/mol. The maximum absolute atomic E-state index is 11.6. The Morgan fingerprint density at radius 2 is 1.35 bits per heavy atom. The number of hydrogen-bond acceptors (Lipinski definition) is 15. The van der Waals surface area contributed by atoms with E-state index in [0.717, 1.165) is 6.92 Å². The molecule has 0 spiro atoms. The van der Waals surface area contributed by atoms with Crippen molar-refractivity contribution in [1.82, 2.24) is 5.32 Å². The van der Waals surface area contributed by atoms with E-state index in [1.807, 2.05) is 0 Å². The minimum atomic E-state index is -5.03. The lowest BCUT2D eigenvalue weighted by molar-refractivity contribution is -0.342. The molecular weight excluding hydrogens is 518 g/mol. The molecule has 2 heterocycles. The van der Waals surface area contributed by atoms with Gasteiger partial charge in [0, 0.05) is 6.92 Å². The van der Waals surface area contributed by atoms with Gasteiger partial charge in [-0.2, -0.15) is 16.8 Å². The van der Waals surface area contributed by atoms with E-state index in [4.69, 9.17) is 23.3 Å². The Morgan fingerprint density at radius 3 is 1.85 bits per heavy atom. The number of carbonyl (C=O) groups excluding carboxylic acids is 1. The molecule has 2 fully saturated rings. The number of nitrogens with one attached hydrogen (secondary N) is 1. The zero-order valence-corrected chi connectivity index (χ0v) is 18.9. The standard InChI is InChI=1S/C14H25NO17S2/c1-4(16)15-7-9(18)13(21)30-6(3-29-34(25,26)27)12(7)32-14-11(20)10(19)8(17)5(31-14)2-28-33(22,23)24/h5-14,17-21H,2-3H2,1H3,(H,15,16)(H,22,23,24)(H,25,26,27)/t5-,6-,7-,8+,9-,10+,11-,12-,13-,14+/m1/s1. The Kier molecular flexibility index (Phi) is 9.68. The average Bonchev–Trinajstić information content (AvgIpc) is 2.69. The molecule has 34 heavy (non-hydrogen) atoms. The molecule has 0 aliphatic carbocycles. The molecule has 2 aliphatic heterocycles. The quantitative estimate of drug-likeness (QED) is 0.126. The molecule has 2 saturated heterocycles. The maximum Gasteiger partial charge on any atom is 0.397 e. The van der Waals surface area contributed by atoms with Gasteiger partial charge in [-0.15, -0.1) is 0 Å². The Morgan fingerprint density at radius 1 is 0.824 bits per heavy atom. The molecule has 20 heteroatoms. The van der Waals surface area contributed by atoms with Gasteiger partial charge in [0.2, 0.25) is 5.91 Å². The van der Waals surface area contributed by atoms with Gasteiger partial charge in [0.05, 0.1) is 19.3 Å². The molecule has 10 atom stereocenters. The highest BCUT2D eigenvalue weighted by molar-refractivity contribution is 7.81. The summed E-state index contributed by atoms with van der Waals surface area (Å²) in [6.07, 6.45) is -16.9. The molecule has 0 aromatic heterocycles. The van der Waals surface area contributed by atoms with Crippen molar-refractivity contribution in [3.8, 4) is 0 Å². The van der Waals surface area contributed by atoms with Crippen LogP contribution >= 0.6 is 0 Å².